The first-order chi connectivity index (χ1) is 9.04. The molecule has 1 fully saturated rings. The molecule has 1 amide bonds. The van der Waals surface area contributed by atoms with Crippen LogP contribution in [0, 0.1) is 12.8 Å². The third-order valence-electron chi connectivity index (χ3n) is 3.97. The molecule has 0 unspecified atom stereocenters. The average Bonchev–Trinajstić information content (AvgIpc) is 2.40. The van der Waals surface area contributed by atoms with E-state index in [1.54, 1.807) is 0 Å². The van der Waals surface area contributed by atoms with Gasteiger partial charge in [0.25, 0.3) is 5.91 Å². The number of nitrogens with two attached hydrogens (primary N) is 1. The van der Waals surface area contributed by atoms with Gasteiger partial charge in [-0.1, -0.05) is 18.6 Å². The molecule has 0 spiro atoms. The summed E-state index contributed by atoms with van der Waals surface area (Å²) in [7, 11) is 0. The van der Waals surface area contributed by atoms with Gasteiger partial charge in [-0.2, -0.15) is 0 Å². The van der Waals surface area contributed by atoms with Crippen LogP contribution in [0.15, 0.2) is 22.7 Å². The van der Waals surface area contributed by atoms with E-state index in [0.29, 0.717) is 12.5 Å². The maximum Gasteiger partial charge on any atom is 0.255 e. The lowest BCUT2D eigenvalue weighted by atomic mass is 9.90. The predicted octanol–water partition coefficient (Wildman–Crippen LogP) is 2.96. The Hall–Kier alpha value is -0.870. The highest BCUT2D eigenvalue weighted by Crippen LogP contribution is 2.27. The molecule has 1 aliphatic rings. The van der Waals surface area contributed by atoms with Gasteiger partial charge in [0, 0.05) is 23.6 Å². The van der Waals surface area contributed by atoms with Crippen molar-refractivity contribution in [1.82, 2.24) is 4.90 Å². The van der Waals surface area contributed by atoms with Crippen molar-refractivity contribution >= 4 is 21.8 Å². The van der Waals surface area contributed by atoms with Gasteiger partial charge in [0.15, 0.2) is 0 Å². The number of hydrogen-bond acceptors (Lipinski definition) is 2. The van der Waals surface area contributed by atoms with E-state index in [0.717, 1.165) is 35.0 Å². The second kappa shape index (κ2) is 6.06. The van der Waals surface area contributed by atoms with Crippen LogP contribution in [0.2, 0.25) is 0 Å². The molecule has 3 nitrogen and oxygen atoms in total. The van der Waals surface area contributed by atoms with Gasteiger partial charge in [-0.3, -0.25) is 4.79 Å². The van der Waals surface area contributed by atoms with E-state index >= 15 is 0 Å². The molecule has 1 aliphatic heterocycles. The number of rotatable bonds is 2. The topological polar surface area (TPSA) is 46.3 Å². The highest BCUT2D eigenvalue weighted by atomic mass is 79.9. The molecule has 2 rings (SSSR count). The number of halogens is 1. The van der Waals surface area contributed by atoms with E-state index in [4.69, 9.17) is 5.73 Å². The van der Waals surface area contributed by atoms with E-state index in [1.807, 2.05) is 30.0 Å². The third-order valence-corrected chi connectivity index (χ3v) is 4.66. The normalized spacial score (nSPS) is 23.5. The minimum atomic E-state index is 0.0950. The minimum absolute atomic E-state index is 0.0950. The highest BCUT2D eigenvalue weighted by Gasteiger charge is 2.31. The molecule has 0 aliphatic carbocycles. The lowest BCUT2D eigenvalue weighted by Gasteiger charge is -2.39. The summed E-state index contributed by atoms with van der Waals surface area (Å²) in [6.07, 6.45) is 2.22. The number of aryl methyl sites for hydroxylation is 1. The van der Waals surface area contributed by atoms with Gasteiger partial charge in [-0.15, -0.1) is 0 Å². The molecule has 0 saturated carbocycles. The lowest BCUT2D eigenvalue weighted by Crippen LogP contribution is -2.51. The molecule has 4 heteroatoms. The van der Waals surface area contributed by atoms with Gasteiger partial charge >= 0.3 is 0 Å². The number of carbonyl (C=O) groups is 1. The Bertz CT molecular complexity index is 475. The Morgan fingerprint density at radius 1 is 1.53 bits per heavy atom. The Morgan fingerprint density at radius 3 is 2.95 bits per heavy atom. The van der Waals surface area contributed by atoms with Gasteiger partial charge in [-0.05, 0) is 53.7 Å². The molecule has 2 N–H and O–H groups in total. The Morgan fingerprint density at radius 2 is 2.26 bits per heavy atom. The van der Waals surface area contributed by atoms with E-state index in [1.165, 1.54) is 0 Å². The van der Waals surface area contributed by atoms with Gasteiger partial charge < -0.3 is 10.6 Å². The molecular formula is C15H21BrN2O. The van der Waals surface area contributed by atoms with Gasteiger partial charge in [0.2, 0.25) is 0 Å². The SMILES string of the molecule is Cc1ccc(Br)c(C(=O)N2CCC[C@@H](C)[C@H]2CN)c1. The largest absolute Gasteiger partial charge is 0.334 e. The summed E-state index contributed by atoms with van der Waals surface area (Å²) in [5.41, 5.74) is 7.70. The zero-order valence-electron chi connectivity index (χ0n) is 11.5. The van der Waals surface area contributed by atoms with Crippen LogP contribution in [0.3, 0.4) is 0 Å². The smallest absolute Gasteiger partial charge is 0.255 e. The van der Waals surface area contributed by atoms with Crippen molar-refractivity contribution in [2.45, 2.75) is 32.7 Å². The van der Waals surface area contributed by atoms with Crippen molar-refractivity contribution in [1.29, 1.82) is 0 Å². The lowest BCUT2D eigenvalue weighted by molar-refractivity contribution is 0.0531. The van der Waals surface area contributed by atoms with Crippen molar-refractivity contribution in [2.75, 3.05) is 13.1 Å². The van der Waals surface area contributed by atoms with Gasteiger partial charge in [0.1, 0.15) is 0 Å². The summed E-state index contributed by atoms with van der Waals surface area (Å²) >= 11 is 3.48. The van der Waals surface area contributed by atoms with E-state index in [2.05, 4.69) is 22.9 Å². The molecular weight excluding hydrogens is 304 g/mol. The molecule has 104 valence electrons. The summed E-state index contributed by atoms with van der Waals surface area (Å²) < 4.78 is 0.858. The predicted molar refractivity (Wildman–Crippen MR) is 81.2 cm³/mol. The number of hydrogen-bond donors (Lipinski definition) is 1. The van der Waals surface area contributed by atoms with Crippen LogP contribution in [0.5, 0.6) is 0 Å². The van der Waals surface area contributed by atoms with Crippen molar-refractivity contribution in [3.63, 3.8) is 0 Å². The Kier molecular flexibility index (Phi) is 4.63. The van der Waals surface area contributed by atoms with Crippen LogP contribution in [0.25, 0.3) is 0 Å². The minimum Gasteiger partial charge on any atom is -0.334 e. The zero-order valence-corrected chi connectivity index (χ0v) is 13.1. The standard InChI is InChI=1S/C15H21BrN2O/c1-10-5-6-13(16)12(8-10)15(19)18-7-3-4-11(2)14(18)9-17/h5-6,8,11,14H,3-4,7,9,17H2,1-2H3/t11-,14-/m1/s1. The molecule has 1 saturated heterocycles. The Labute approximate surface area is 123 Å². The number of amides is 1. The molecule has 19 heavy (non-hydrogen) atoms. The second-order valence-electron chi connectivity index (χ2n) is 5.40. The summed E-state index contributed by atoms with van der Waals surface area (Å²) in [6, 6.07) is 6.04. The van der Waals surface area contributed by atoms with Gasteiger partial charge in [-0.25, -0.2) is 0 Å². The first-order valence-electron chi connectivity index (χ1n) is 6.81. The van der Waals surface area contributed by atoms with Crippen LogP contribution in [0.4, 0.5) is 0 Å². The summed E-state index contributed by atoms with van der Waals surface area (Å²) in [5.74, 6) is 0.573. The number of piperidine rings is 1. The molecule has 1 heterocycles. The number of likely N-dealkylation sites (tertiary alicyclic amines) is 1. The van der Waals surface area contributed by atoms with E-state index in [-0.39, 0.29) is 11.9 Å². The number of benzene rings is 1. The zero-order chi connectivity index (χ0) is 14.0. The monoisotopic (exact) mass is 324 g/mol. The molecule has 0 radical (unpaired) electrons. The van der Waals surface area contributed by atoms with Crippen molar-refractivity contribution < 1.29 is 4.79 Å². The Balaban J connectivity index is 2.29. The fourth-order valence-corrected chi connectivity index (χ4v) is 3.23. The fraction of sp³-hybridized carbons (Fsp3) is 0.533. The molecule has 1 aromatic rings. The summed E-state index contributed by atoms with van der Waals surface area (Å²) in [4.78, 5) is 14.7. The van der Waals surface area contributed by atoms with Crippen molar-refractivity contribution in [3.05, 3.63) is 33.8 Å². The molecule has 2 atom stereocenters. The van der Waals surface area contributed by atoms with Crippen molar-refractivity contribution in [2.24, 2.45) is 11.7 Å². The number of carbonyl (C=O) groups excluding carboxylic acids is 1. The highest BCUT2D eigenvalue weighted by molar-refractivity contribution is 9.10. The van der Waals surface area contributed by atoms with Crippen LogP contribution in [-0.2, 0) is 0 Å². The second-order valence-corrected chi connectivity index (χ2v) is 6.26. The molecule has 0 bridgehead atoms. The molecule has 1 aromatic carbocycles. The number of nitrogens with zero attached hydrogens (tertiary/aromatic N) is 1. The van der Waals surface area contributed by atoms with Crippen LogP contribution in [0.1, 0.15) is 35.7 Å². The first-order valence-corrected chi connectivity index (χ1v) is 7.61. The van der Waals surface area contributed by atoms with Crippen LogP contribution < -0.4 is 5.73 Å². The van der Waals surface area contributed by atoms with Gasteiger partial charge in [0.05, 0.1) is 5.56 Å². The molecule has 0 aromatic heterocycles. The van der Waals surface area contributed by atoms with Crippen LogP contribution >= 0.6 is 15.9 Å². The summed E-state index contributed by atoms with van der Waals surface area (Å²) in [6.45, 7) is 5.53. The quantitative estimate of drug-likeness (QED) is 0.909. The average molecular weight is 325 g/mol. The maximum absolute atomic E-state index is 12.7. The van der Waals surface area contributed by atoms with E-state index in [9.17, 15) is 4.79 Å². The third kappa shape index (κ3) is 3.00. The maximum atomic E-state index is 12.7. The van der Waals surface area contributed by atoms with Crippen LogP contribution in [-0.4, -0.2) is 29.9 Å². The van der Waals surface area contributed by atoms with Crippen molar-refractivity contribution in [3.8, 4) is 0 Å². The van der Waals surface area contributed by atoms with E-state index < -0.39 is 0 Å². The first kappa shape index (κ1) is 14.5. The summed E-state index contributed by atoms with van der Waals surface area (Å²) in [5, 5.41) is 0. The fourth-order valence-electron chi connectivity index (χ4n) is 2.82.